The molecule has 1 saturated heterocycles. The van der Waals surface area contributed by atoms with Gasteiger partial charge < -0.3 is 10.0 Å². The lowest BCUT2D eigenvalue weighted by Crippen LogP contribution is -2.38. The zero-order valence-corrected chi connectivity index (χ0v) is 19.0. The zero-order chi connectivity index (χ0) is 19.7. The van der Waals surface area contributed by atoms with Crippen LogP contribution >= 0.6 is 39.7 Å². The van der Waals surface area contributed by atoms with Crippen molar-refractivity contribution in [1.29, 1.82) is 0 Å². The third-order valence-corrected chi connectivity index (χ3v) is 6.90. The summed E-state index contributed by atoms with van der Waals surface area (Å²) in [6, 6.07) is 12.0. The number of aromatic nitrogens is 1. The van der Waals surface area contributed by atoms with Crippen LogP contribution in [0.15, 0.2) is 51.7 Å². The lowest BCUT2D eigenvalue weighted by atomic mass is 9.96. The van der Waals surface area contributed by atoms with Crippen molar-refractivity contribution < 1.29 is 9.50 Å². The maximum atomic E-state index is 13.0. The Labute approximate surface area is 187 Å². The molecule has 29 heavy (non-hydrogen) atoms. The normalized spacial score (nSPS) is 16.7. The van der Waals surface area contributed by atoms with E-state index in [0.29, 0.717) is 12.5 Å². The van der Waals surface area contributed by atoms with E-state index in [9.17, 15) is 14.3 Å². The van der Waals surface area contributed by atoms with Crippen LogP contribution in [0.2, 0.25) is 0 Å². The van der Waals surface area contributed by atoms with Crippen molar-refractivity contribution in [3.63, 3.8) is 0 Å². The average Bonchev–Trinajstić information content (AvgIpc) is 2.98. The first-order chi connectivity index (χ1) is 13.5. The van der Waals surface area contributed by atoms with Crippen LogP contribution in [-0.4, -0.2) is 34.2 Å². The van der Waals surface area contributed by atoms with Gasteiger partial charge in [-0.3, -0.25) is 9.36 Å². The molecule has 8 heteroatoms. The number of halogens is 3. The number of fused-ring (bicyclic) bond motifs is 1. The number of likely N-dealkylation sites (tertiary alicyclic amines) is 1. The van der Waals surface area contributed by atoms with E-state index >= 15 is 0 Å². The van der Waals surface area contributed by atoms with Crippen LogP contribution in [0.4, 0.5) is 4.39 Å². The summed E-state index contributed by atoms with van der Waals surface area (Å²) in [5, 5.41) is 10.4. The van der Waals surface area contributed by atoms with Crippen molar-refractivity contribution in [2.45, 2.75) is 25.5 Å². The maximum Gasteiger partial charge on any atom is 0.308 e. The van der Waals surface area contributed by atoms with Gasteiger partial charge in [0, 0.05) is 17.6 Å². The first kappa shape index (κ1) is 22.4. The van der Waals surface area contributed by atoms with Gasteiger partial charge in [-0.1, -0.05) is 39.4 Å². The molecule has 4 rings (SSSR count). The first-order valence-electron chi connectivity index (χ1n) is 9.44. The number of hydrogen-bond donors (Lipinski definition) is 1. The fraction of sp³-hybridized carbons (Fsp3) is 0.381. The Bertz CT molecular complexity index is 1020. The minimum Gasteiger partial charge on any atom is -0.387 e. The fourth-order valence-corrected chi connectivity index (χ4v) is 5.31. The summed E-state index contributed by atoms with van der Waals surface area (Å²) in [7, 11) is 0. The lowest BCUT2D eigenvalue weighted by molar-refractivity contribution is 0.0867. The first-order valence-corrected chi connectivity index (χ1v) is 11.1. The molecular formula is C21H23BrClFN2O2S. The summed E-state index contributed by atoms with van der Waals surface area (Å²) in [5.74, 6) is 0.165. The second-order valence-electron chi connectivity index (χ2n) is 7.40. The lowest BCUT2D eigenvalue weighted by Gasteiger charge is -2.33. The van der Waals surface area contributed by atoms with Gasteiger partial charge in [0.2, 0.25) is 0 Å². The SMILES string of the molecule is Cl.O=c1sc2cc(Br)ccc2n1CC1CCN(CC(O)c2ccc(F)cc2)CC1. The molecule has 0 spiro atoms. The highest BCUT2D eigenvalue weighted by molar-refractivity contribution is 9.10. The number of nitrogens with zero attached hydrogens (tertiary/aromatic N) is 2. The van der Waals surface area contributed by atoms with E-state index in [1.807, 2.05) is 22.8 Å². The molecule has 2 aromatic carbocycles. The Morgan fingerprint density at radius 1 is 1.17 bits per heavy atom. The molecule has 2 heterocycles. The van der Waals surface area contributed by atoms with E-state index in [2.05, 4.69) is 20.8 Å². The molecule has 1 N–H and O–H groups in total. The fourth-order valence-electron chi connectivity index (χ4n) is 3.86. The molecule has 0 radical (unpaired) electrons. The van der Waals surface area contributed by atoms with Crippen LogP contribution in [0.3, 0.4) is 0 Å². The smallest absolute Gasteiger partial charge is 0.308 e. The molecule has 1 fully saturated rings. The van der Waals surface area contributed by atoms with Gasteiger partial charge in [0.25, 0.3) is 0 Å². The summed E-state index contributed by atoms with van der Waals surface area (Å²) in [6.45, 7) is 3.08. The van der Waals surface area contributed by atoms with Crippen molar-refractivity contribution in [3.05, 3.63) is 68.0 Å². The molecule has 3 aromatic rings. The van der Waals surface area contributed by atoms with E-state index in [0.717, 1.165) is 52.7 Å². The van der Waals surface area contributed by atoms with E-state index in [1.165, 1.54) is 23.5 Å². The Morgan fingerprint density at radius 2 is 1.86 bits per heavy atom. The van der Waals surface area contributed by atoms with Crippen molar-refractivity contribution in [2.75, 3.05) is 19.6 Å². The van der Waals surface area contributed by atoms with Crippen LogP contribution in [0.1, 0.15) is 24.5 Å². The monoisotopic (exact) mass is 500 g/mol. The molecule has 0 bridgehead atoms. The van der Waals surface area contributed by atoms with Crippen molar-refractivity contribution >= 4 is 49.9 Å². The summed E-state index contributed by atoms with van der Waals surface area (Å²) >= 11 is 4.76. The molecule has 0 amide bonds. The van der Waals surface area contributed by atoms with Gasteiger partial charge >= 0.3 is 4.87 Å². The van der Waals surface area contributed by atoms with Crippen LogP contribution < -0.4 is 4.87 Å². The van der Waals surface area contributed by atoms with E-state index in [4.69, 9.17) is 0 Å². The minimum atomic E-state index is -0.612. The van der Waals surface area contributed by atoms with E-state index in [-0.39, 0.29) is 23.1 Å². The van der Waals surface area contributed by atoms with Crippen LogP contribution in [0, 0.1) is 11.7 Å². The molecule has 1 aromatic heterocycles. The Kier molecular flexibility index (Phi) is 7.51. The standard InChI is InChI=1S/C21H22BrFN2O2S.ClH/c22-16-3-6-18-20(11-16)28-21(27)25(18)12-14-7-9-24(10-8-14)13-19(26)15-1-4-17(23)5-2-15;/h1-6,11,14,19,26H,7-10,12-13H2;1H. The van der Waals surface area contributed by atoms with Gasteiger partial charge in [0.1, 0.15) is 5.82 Å². The zero-order valence-electron chi connectivity index (χ0n) is 15.8. The molecule has 1 aliphatic rings. The van der Waals surface area contributed by atoms with Crippen LogP contribution in [0.5, 0.6) is 0 Å². The quantitative estimate of drug-likeness (QED) is 0.545. The van der Waals surface area contributed by atoms with Gasteiger partial charge in [-0.15, -0.1) is 12.4 Å². The number of rotatable bonds is 5. The van der Waals surface area contributed by atoms with Crippen LogP contribution in [-0.2, 0) is 6.54 Å². The number of β-amino-alcohol motifs (C(OH)–C–C–N with tert-alkyl or cyclic N) is 1. The highest BCUT2D eigenvalue weighted by Crippen LogP contribution is 2.26. The third-order valence-electron chi connectivity index (χ3n) is 5.46. The largest absolute Gasteiger partial charge is 0.387 e. The number of hydrogen-bond acceptors (Lipinski definition) is 4. The molecule has 156 valence electrons. The number of piperidine rings is 1. The molecule has 1 unspecified atom stereocenters. The number of aliphatic hydroxyl groups excluding tert-OH is 1. The predicted octanol–water partition coefficient (Wildman–Crippen LogP) is 4.83. The van der Waals surface area contributed by atoms with Gasteiger partial charge in [-0.05, 0) is 67.7 Å². The predicted molar refractivity (Wildman–Crippen MR) is 122 cm³/mol. The number of aliphatic hydroxyl groups is 1. The van der Waals surface area contributed by atoms with Crippen molar-refractivity contribution in [2.24, 2.45) is 5.92 Å². The summed E-state index contributed by atoms with van der Waals surface area (Å²) in [5.41, 5.74) is 1.75. The molecular weight excluding hydrogens is 479 g/mol. The molecule has 0 aliphatic carbocycles. The molecule has 0 saturated carbocycles. The highest BCUT2D eigenvalue weighted by Gasteiger charge is 2.23. The van der Waals surface area contributed by atoms with Gasteiger partial charge in [0.05, 0.1) is 16.3 Å². The van der Waals surface area contributed by atoms with Gasteiger partial charge in [0.15, 0.2) is 0 Å². The minimum absolute atomic E-state index is 0. The second kappa shape index (κ2) is 9.71. The summed E-state index contributed by atoms with van der Waals surface area (Å²) in [6.07, 6.45) is 1.38. The van der Waals surface area contributed by atoms with Gasteiger partial charge in [-0.2, -0.15) is 0 Å². The summed E-state index contributed by atoms with van der Waals surface area (Å²) < 4.78 is 16.9. The number of thiazole rings is 1. The molecule has 1 aliphatic heterocycles. The van der Waals surface area contributed by atoms with Crippen molar-refractivity contribution in [1.82, 2.24) is 9.47 Å². The topological polar surface area (TPSA) is 45.5 Å². The van der Waals surface area contributed by atoms with Gasteiger partial charge in [-0.25, -0.2) is 4.39 Å². The van der Waals surface area contributed by atoms with E-state index in [1.54, 1.807) is 12.1 Å². The van der Waals surface area contributed by atoms with Crippen LogP contribution in [0.25, 0.3) is 10.2 Å². The molecule has 4 nitrogen and oxygen atoms in total. The van der Waals surface area contributed by atoms with Crippen molar-refractivity contribution in [3.8, 4) is 0 Å². The Morgan fingerprint density at radius 3 is 2.55 bits per heavy atom. The Balaban J connectivity index is 0.00000240. The number of benzene rings is 2. The van der Waals surface area contributed by atoms with E-state index < -0.39 is 6.10 Å². The third kappa shape index (κ3) is 5.27. The average molecular weight is 502 g/mol. The Hall–Kier alpha value is -1.25. The second-order valence-corrected chi connectivity index (χ2v) is 9.31. The molecule has 1 atom stereocenters. The maximum absolute atomic E-state index is 13.0. The highest BCUT2D eigenvalue weighted by atomic mass is 79.9. The summed E-state index contributed by atoms with van der Waals surface area (Å²) in [4.78, 5) is 14.8.